The Morgan fingerprint density at radius 3 is 2.57 bits per heavy atom. The maximum absolute atomic E-state index is 13.1. The monoisotopic (exact) mass is 330 g/mol. The third kappa shape index (κ3) is 3.37. The van der Waals surface area contributed by atoms with E-state index in [1.165, 1.54) is 31.4 Å². The van der Waals surface area contributed by atoms with E-state index in [0.717, 1.165) is 12.1 Å². The van der Waals surface area contributed by atoms with Gasteiger partial charge in [-0.25, -0.2) is 12.8 Å². The highest BCUT2D eigenvalue weighted by Gasteiger charge is 2.17. The van der Waals surface area contributed by atoms with Crippen LogP contribution >= 0.6 is 11.6 Å². The summed E-state index contributed by atoms with van der Waals surface area (Å²) in [6, 6.07) is 7.40. The standard InChI is InChI=1S/C13H12ClFN2O3S/c1-20-13-6-8(15)2-5-12(13)17-21(18,19)9-3-4-10(14)11(16)7-9/h2-7,17H,16H2,1H3. The molecule has 0 fully saturated rings. The lowest BCUT2D eigenvalue weighted by molar-refractivity contribution is 0.413. The Kier molecular flexibility index (Phi) is 4.24. The van der Waals surface area contributed by atoms with Crippen molar-refractivity contribution >= 4 is 33.0 Å². The van der Waals surface area contributed by atoms with Gasteiger partial charge in [-0.05, 0) is 30.3 Å². The number of nitrogens with one attached hydrogen (secondary N) is 1. The van der Waals surface area contributed by atoms with Crippen LogP contribution in [0.15, 0.2) is 41.3 Å². The van der Waals surface area contributed by atoms with Crippen molar-refractivity contribution in [2.45, 2.75) is 4.90 Å². The molecule has 0 saturated carbocycles. The highest BCUT2D eigenvalue weighted by Crippen LogP contribution is 2.29. The highest BCUT2D eigenvalue weighted by atomic mass is 35.5. The predicted octanol–water partition coefficient (Wildman–Crippen LogP) is 2.87. The molecule has 0 aliphatic carbocycles. The first-order valence-corrected chi connectivity index (χ1v) is 7.61. The van der Waals surface area contributed by atoms with Crippen LogP contribution in [-0.4, -0.2) is 15.5 Å². The molecule has 3 N–H and O–H groups in total. The van der Waals surface area contributed by atoms with Crippen molar-refractivity contribution in [3.05, 3.63) is 47.2 Å². The molecule has 0 atom stereocenters. The number of benzene rings is 2. The van der Waals surface area contributed by atoms with Gasteiger partial charge in [0, 0.05) is 6.07 Å². The molecule has 0 aromatic heterocycles. The number of methoxy groups -OCH3 is 1. The Balaban J connectivity index is 2.39. The molecule has 2 aromatic rings. The van der Waals surface area contributed by atoms with E-state index >= 15 is 0 Å². The number of hydrogen-bond acceptors (Lipinski definition) is 4. The van der Waals surface area contributed by atoms with E-state index in [0.29, 0.717) is 0 Å². The number of nitrogen functional groups attached to an aromatic ring is 1. The SMILES string of the molecule is COc1cc(F)ccc1NS(=O)(=O)c1ccc(Cl)c(N)c1. The van der Waals surface area contributed by atoms with Gasteiger partial charge in [0.2, 0.25) is 0 Å². The molecule has 0 aliphatic rings. The van der Waals surface area contributed by atoms with Gasteiger partial charge in [0.25, 0.3) is 10.0 Å². The Morgan fingerprint density at radius 1 is 1.24 bits per heavy atom. The summed E-state index contributed by atoms with van der Waals surface area (Å²) in [6.45, 7) is 0. The van der Waals surface area contributed by atoms with E-state index < -0.39 is 15.8 Å². The summed E-state index contributed by atoms with van der Waals surface area (Å²) in [6.07, 6.45) is 0. The third-order valence-electron chi connectivity index (χ3n) is 2.69. The van der Waals surface area contributed by atoms with Gasteiger partial charge in [-0.1, -0.05) is 11.6 Å². The molecule has 8 heteroatoms. The van der Waals surface area contributed by atoms with Crippen molar-refractivity contribution in [1.82, 2.24) is 0 Å². The number of rotatable bonds is 4. The topological polar surface area (TPSA) is 81.4 Å². The zero-order valence-corrected chi connectivity index (χ0v) is 12.5. The minimum atomic E-state index is -3.89. The van der Waals surface area contributed by atoms with Crippen molar-refractivity contribution in [2.75, 3.05) is 17.6 Å². The molecule has 0 aliphatic heterocycles. The van der Waals surface area contributed by atoms with Crippen LogP contribution in [0.5, 0.6) is 5.75 Å². The second kappa shape index (κ2) is 5.79. The van der Waals surface area contributed by atoms with E-state index in [9.17, 15) is 12.8 Å². The molecular formula is C13H12ClFN2O3S. The van der Waals surface area contributed by atoms with Gasteiger partial charge in [0.15, 0.2) is 0 Å². The maximum atomic E-state index is 13.1. The summed E-state index contributed by atoms with van der Waals surface area (Å²) in [5, 5.41) is 0.258. The van der Waals surface area contributed by atoms with Crippen LogP contribution in [0.1, 0.15) is 0 Å². The number of nitrogens with two attached hydrogens (primary N) is 1. The van der Waals surface area contributed by atoms with E-state index in [1.807, 2.05) is 0 Å². The molecule has 0 bridgehead atoms. The summed E-state index contributed by atoms with van der Waals surface area (Å²) in [5.41, 5.74) is 5.85. The van der Waals surface area contributed by atoms with Gasteiger partial charge in [0.05, 0.1) is 28.4 Å². The van der Waals surface area contributed by atoms with Crippen LogP contribution in [0, 0.1) is 5.82 Å². The molecule has 21 heavy (non-hydrogen) atoms. The van der Waals surface area contributed by atoms with Crippen LogP contribution in [0.3, 0.4) is 0 Å². The van der Waals surface area contributed by atoms with Crippen molar-refractivity contribution in [2.24, 2.45) is 0 Å². The first-order valence-electron chi connectivity index (χ1n) is 5.75. The van der Waals surface area contributed by atoms with Gasteiger partial charge in [-0.15, -0.1) is 0 Å². The highest BCUT2D eigenvalue weighted by molar-refractivity contribution is 7.92. The van der Waals surface area contributed by atoms with E-state index in [1.54, 1.807) is 0 Å². The zero-order chi connectivity index (χ0) is 15.6. The number of sulfonamides is 1. The molecule has 112 valence electrons. The quantitative estimate of drug-likeness (QED) is 0.845. The van der Waals surface area contributed by atoms with Gasteiger partial charge in [0.1, 0.15) is 11.6 Å². The second-order valence-electron chi connectivity index (χ2n) is 4.13. The molecule has 0 saturated heterocycles. The van der Waals surface area contributed by atoms with Crippen molar-refractivity contribution in [3.63, 3.8) is 0 Å². The Hall–Kier alpha value is -1.99. The van der Waals surface area contributed by atoms with E-state index in [2.05, 4.69) is 4.72 Å². The molecule has 0 amide bonds. The number of ether oxygens (including phenoxy) is 1. The lowest BCUT2D eigenvalue weighted by Gasteiger charge is -2.12. The molecule has 0 unspecified atom stereocenters. The van der Waals surface area contributed by atoms with Gasteiger partial charge in [-0.3, -0.25) is 4.72 Å². The van der Waals surface area contributed by atoms with Crippen molar-refractivity contribution in [3.8, 4) is 5.75 Å². The summed E-state index contributed by atoms with van der Waals surface area (Å²) in [4.78, 5) is -0.0595. The summed E-state index contributed by atoms with van der Waals surface area (Å²) in [7, 11) is -2.58. The Morgan fingerprint density at radius 2 is 1.95 bits per heavy atom. The van der Waals surface area contributed by atoms with E-state index in [-0.39, 0.29) is 27.0 Å². The molecule has 0 heterocycles. The Labute approximate surface area is 126 Å². The first-order chi connectivity index (χ1) is 9.83. The van der Waals surface area contributed by atoms with Crippen molar-refractivity contribution < 1.29 is 17.5 Å². The van der Waals surface area contributed by atoms with Crippen LogP contribution < -0.4 is 15.2 Å². The summed E-state index contributed by atoms with van der Waals surface area (Å²) < 4.78 is 44.9. The molecule has 2 rings (SSSR count). The number of hydrogen-bond donors (Lipinski definition) is 2. The van der Waals surface area contributed by atoms with Crippen LogP contribution in [0.2, 0.25) is 5.02 Å². The molecule has 0 spiro atoms. The van der Waals surface area contributed by atoms with Crippen LogP contribution in [-0.2, 0) is 10.0 Å². The second-order valence-corrected chi connectivity index (χ2v) is 6.22. The fourth-order valence-electron chi connectivity index (χ4n) is 1.64. The molecule has 0 radical (unpaired) electrons. The fraction of sp³-hybridized carbons (Fsp3) is 0.0769. The predicted molar refractivity (Wildman–Crippen MR) is 79.6 cm³/mol. The molecule has 5 nitrogen and oxygen atoms in total. The number of anilines is 2. The first kappa shape index (κ1) is 15.4. The normalized spacial score (nSPS) is 11.2. The minimum absolute atomic E-state index is 0.0595. The van der Waals surface area contributed by atoms with Gasteiger partial charge < -0.3 is 10.5 Å². The van der Waals surface area contributed by atoms with Gasteiger partial charge >= 0.3 is 0 Å². The van der Waals surface area contributed by atoms with Crippen molar-refractivity contribution in [1.29, 1.82) is 0 Å². The Bertz CT molecular complexity index is 781. The average molecular weight is 331 g/mol. The smallest absolute Gasteiger partial charge is 0.262 e. The molecule has 2 aromatic carbocycles. The lowest BCUT2D eigenvalue weighted by Crippen LogP contribution is -2.14. The van der Waals surface area contributed by atoms with Crippen LogP contribution in [0.25, 0.3) is 0 Å². The molecular weight excluding hydrogens is 319 g/mol. The summed E-state index contributed by atoms with van der Waals surface area (Å²) in [5.74, 6) is -0.467. The fourth-order valence-corrected chi connectivity index (χ4v) is 2.86. The average Bonchev–Trinajstić information content (AvgIpc) is 2.43. The van der Waals surface area contributed by atoms with Gasteiger partial charge in [-0.2, -0.15) is 0 Å². The van der Waals surface area contributed by atoms with Crippen LogP contribution in [0.4, 0.5) is 15.8 Å². The largest absolute Gasteiger partial charge is 0.494 e. The zero-order valence-electron chi connectivity index (χ0n) is 10.9. The summed E-state index contributed by atoms with van der Waals surface area (Å²) >= 11 is 5.75. The minimum Gasteiger partial charge on any atom is -0.494 e. The lowest BCUT2D eigenvalue weighted by atomic mass is 10.3. The van der Waals surface area contributed by atoms with E-state index in [4.69, 9.17) is 22.1 Å². The maximum Gasteiger partial charge on any atom is 0.262 e. The third-order valence-corrected chi connectivity index (χ3v) is 4.39. The number of halogens is 2.